The molecule has 3 rings (SSSR count). The number of aromatic nitrogens is 1. The van der Waals surface area contributed by atoms with Crippen molar-refractivity contribution in [1.82, 2.24) is 4.98 Å². The Morgan fingerprint density at radius 3 is 2.60 bits per heavy atom. The first-order chi connectivity index (χ1) is 9.76. The summed E-state index contributed by atoms with van der Waals surface area (Å²) >= 11 is 3.45. The molecule has 1 heterocycles. The van der Waals surface area contributed by atoms with Crippen molar-refractivity contribution in [3.05, 3.63) is 64.8 Å². The third-order valence-corrected chi connectivity index (χ3v) is 3.87. The number of benzene rings is 2. The summed E-state index contributed by atoms with van der Waals surface area (Å²) in [5.74, 6) is 0. The largest absolute Gasteiger partial charge is 0.355 e. The van der Waals surface area contributed by atoms with E-state index in [0.29, 0.717) is 0 Å². The van der Waals surface area contributed by atoms with Gasteiger partial charge in [-0.15, -0.1) is 0 Å². The van der Waals surface area contributed by atoms with Crippen LogP contribution in [0, 0.1) is 0 Å². The fourth-order valence-electron chi connectivity index (χ4n) is 2.21. The van der Waals surface area contributed by atoms with Gasteiger partial charge < -0.3 is 5.32 Å². The number of rotatable bonds is 3. The summed E-state index contributed by atoms with van der Waals surface area (Å²) in [6, 6.07) is 16.6. The molecule has 2 aromatic carbocycles. The summed E-state index contributed by atoms with van der Waals surface area (Å²) in [5, 5.41) is 4.63. The summed E-state index contributed by atoms with van der Waals surface area (Å²) < 4.78 is 1.08. The van der Waals surface area contributed by atoms with Gasteiger partial charge in [0.1, 0.15) is 0 Å². The molecule has 0 aliphatic heterocycles. The van der Waals surface area contributed by atoms with Crippen molar-refractivity contribution < 1.29 is 0 Å². The van der Waals surface area contributed by atoms with E-state index in [2.05, 4.69) is 63.5 Å². The highest BCUT2D eigenvalue weighted by Gasteiger charge is 2.03. The highest BCUT2D eigenvalue weighted by molar-refractivity contribution is 9.10. The molecule has 0 saturated carbocycles. The van der Waals surface area contributed by atoms with E-state index in [1.807, 2.05) is 24.4 Å². The molecule has 0 saturated heterocycles. The lowest BCUT2D eigenvalue weighted by molar-refractivity contribution is 1.14. The standard InChI is InChI=1S/C17H15BrN2/c1-2-12-3-8-16-15(11-12)17(9-10-19-16)20-14-6-4-13(18)5-7-14/h3-11H,2H2,1H3,(H,19,20). The summed E-state index contributed by atoms with van der Waals surface area (Å²) in [6.07, 6.45) is 2.87. The number of aryl methyl sites for hydroxylation is 1. The Morgan fingerprint density at radius 2 is 1.85 bits per heavy atom. The highest BCUT2D eigenvalue weighted by atomic mass is 79.9. The quantitative estimate of drug-likeness (QED) is 0.706. The Morgan fingerprint density at radius 1 is 1.05 bits per heavy atom. The number of hydrogen-bond donors (Lipinski definition) is 1. The monoisotopic (exact) mass is 326 g/mol. The molecule has 20 heavy (non-hydrogen) atoms. The van der Waals surface area contributed by atoms with Gasteiger partial charge in [-0.25, -0.2) is 0 Å². The molecule has 0 unspecified atom stereocenters. The Labute approximate surface area is 127 Å². The summed E-state index contributed by atoms with van der Waals surface area (Å²) in [5.41, 5.74) is 4.50. The fraction of sp³-hybridized carbons (Fsp3) is 0.118. The van der Waals surface area contributed by atoms with Crippen LogP contribution in [0.5, 0.6) is 0 Å². The van der Waals surface area contributed by atoms with Gasteiger partial charge in [0.2, 0.25) is 0 Å². The number of nitrogens with zero attached hydrogens (tertiary/aromatic N) is 1. The number of hydrogen-bond acceptors (Lipinski definition) is 2. The second kappa shape index (κ2) is 5.63. The van der Waals surface area contributed by atoms with E-state index >= 15 is 0 Å². The minimum atomic E-state index is 1.02. The Hall–Kier alpha value is -1.87. The number of fused-ring (bicyclic) bond motifs is 1. The van der Waals surface area contributed by atoms with Gasteiger partial charge in [-0.3, -0.25) is 4.98 Å². The van der Waals surface area contributed by atoms with E-state index in [9.17, 15) is 0 Å². The van der Waals surface area contributed by atoms with Crippen LogP contribution in [-0.4, -0.2) is 4.98 Å². The lowest BCUT2D eigenvalue weighted by Crippen LogP contribution is -1.93. The highest BCUT2D eigenvalue weighted by Crippen LogP contribution is 2.26. The van der Waals surface area contributed by atoms with Crippen LogP contribution in [0.25, 0.3) is 10.9 Å². The maximum atomic E-state index is 4.43. The maximum Gasteiger partial charge on any atom is 0.0723 e. The van der Waals surface area contributed by atoms with Crippen LogP contribution in [0.4, 0.5) is 11.4 Å². The van der Waals surface area contributed by atoms with Gasteiger partial charge in [-0.1, -0.05) is 28.9 Å². The minimum Gasteiger partial charge on any atom is -0.355 e. The average molecular weight is 327 g/mol. The molecule has 1 aromatic heterocycles. The maximum absolute atomic E-state index is 4.43. The van der Waals surface area contributed by atoms with Crippen LogP contribution in [0.15, 0.2) is 59.2 Å². The second-order valence-electron chi connectivity index (χ2n) is 4.70. The molecule has 0 atom stereocenters. The number of nitrogens with one attached hydrogen (secondary N) is 1. The van der Waals surface area contributed by atoms with Crippen LogP contribution in [0.2, 0.25) is 0 Å². The van der Waals surface area contributed by atoms with Crippen molar-refractivity contribution in [3.8, 4) is 0 Å². The van der Waals surface area contributed by atoms with Gasteiger partial charge >= 0.3 is 0 Å². The van der Waals surface area contributed by atoms with E-state index in [1.165, 1.54) is 5.56 Å². The van der Waals surface area contributed by atoms with Crippen LogP contribution in [0.1, 0.15) is 12.5 Å². The van der Waals surface area contributed by atoms with Crippen molar-refractivity contribution >= 4 is 38.2 Å². The zero-order valence-electron chi connectivity index (χ0n) is 11.2. The van der Waals surface area contributed by atoms with Crippen LogP contribution in [-0.2, 0) is 6.42 Å². The second-order valence-corrected chi connectivity index (χ2v) is 5.61. The minimum absolute atomic E-state index is 1.02. The Bertz CT molecular complexity index is 736. The molecule has 1 N–H and O–H groups in total. The van der Waals surface area contributed by atoms with Gasteiger partial charge in [-0.2, -0.15) is 0 Å². The smallest absolute Gasteiger partial charge is 0.0723 e. The molecular formula is C17H15BrN2. The van der Waals surface area contributed by atoms with Gasteiger partial charge in [-0.05, 0) is 54.4 Å². The number of halogens is 1. The van der Waals surface area contributed by atoms with Gasteiger partial charge in [0, 0.05) is 27.4 Å². The molecule has 100 valence electrons. The molecule has 3 heteroatoms. The van der Waals surface area contributed by atoms with Crippen LogP contribution >= 0.6 is 15.9 Å². The van der Waals surface area contributed by atoms with Gasteiger partial charge in [0.25, 0.3) is 0 Å². The SMILES string of the molecule is CCc1ccc2nccc(Nc3ccc(Br)cc3)c2c1. The van der Waals surface area contributed by atoms with Crippen molar-refractivity contribution in [2.24, 2.45) is 0 Å². The molecule has 0 aliphatic rings. The third kappa shape index (κ3) is 2.68. The lowest BCUT2D eigenvalue weighted by Gasteiger charge is -2.10. The van der Waals surface area contributed by atoms with Gasteiger partial charge in [0.15, 0.2) is 0 Å². The number of pyridine rings is 1. The average Bonchev–Trinajstić information content (AvgIpc) is 2.49. The van der Waals surface area contributed by atoms with Crippen molar-refractivity contribution in [2.45, 2.75) is 13.3 Å². The van der Waals surface area contributed by atoms with E-state index in [0.717, 1.165) is 33.2 Å². The molecule has 0 radical (unpaired) electrons. The molecule has 0 bridgehead atoms. The predicted octanol–water partition coefficient (Wildman–Crippen LogP) is 5.30. The fourth-order valence-corrected chi connectivity index (χ4v) is 2.48. The summed E-state index contributed by atoms with van der Waals surface area (Å²) in [4.78, 5) is 4.43. The zero-order valence-corrected chi connectivity index (χ0v) is 12.8. The first-order valence-electron chi connectivity index (χ1n) is 6.66. The first-order valence-corrected chi connectivity index (χ1v) is 7.46. The predicted molar refractivity (Wildman–Crippen MR) is 88.5 cm³/mol. The normalized spacial score (nSPS) is 10.7. The van der Waals surface area contributed by atoms with Crippen LogP contribution in [0.3, 0.4) is 0 Å². The first kappa shape index (κ1) is 13.1. The Balaban J connectivity index is 2.04. The molecule has 0 amide bonds. The molecule has 3 aromatic rings. The van der Waals surface area contributed by atoms with Crippen molar-refractivity contribution in [3.63, 3.8) is 0 Å². The molecule has 0 fully saturated rings. The molecule has 2 nitrogen and oxygen atoms in total. The van der Waals surface area contributed by atoms with Crippen molar-refractivity contribution in [2.75, 3.05) is 5.32 Å². The molecule has 0 spiro atoms. The van der Waals surface area contributed by atoms with E-state index in [4.69, 9.17) is 0 Å². The van der Waals surface area contributed by atoms with Crippen LogP contribution < -0.4 is 5.32 Å². The topological polar surface area (TPSA) is 24.9 Å². The van der Waals surface area contributed by atoms with Crippen molar-refractivity contribution in [1.29, 1.82) is 0 Å². The summed E-state index contributed by atoms with van der Waals surface area (Å²) in [7, 11) is 0. The van der Waals surface area contributed by atoms with E-state index in [-0.39, 0.29) is 0 Å². The van der Waals surface area contributed by atoms with Gasteiger partial charge in [0.05, 0.1) is 5.52 Å². The molecule has 0 aliphatic carbocycles. The van der Waals surface area contributed by atoms with E-state index < -0.39 is 0 Å². The molecular weight excluding hydrogens is 312 g/mol. The van der Waals surface area contributed by atoms with E-state index in [1.54, 1.807) is 0 Å². The number of anilines is 2. The third-order valence-electron chi connectivity index (χ3n) is 3.34. The lowest BCUT2D eigenvalue weighted by atomic mass is 10.1. The zero-order chi connectivity index (χ0) is 13.9. The summed E-state index contributed by atoms with van der Waals surface area (Å²) in [6.45, 7) is 2.17. The Kier molecular flexibility index (Phi) is 3.70.